The lowest BCUT2D eigenvalue weighted by atomic mass is 10.1. The summed E-state index contributed by atoms with van der Waals surface area (Å²) in [7, 11) is 0. The molecule has 4 aromatic carbocycles. The third kappa shape index (κ3) is 7.24. The van der Waals surface area contributed by atoms with E-state index in [-0.39, 0.29) is 0 Å². The summed E-state index contributed by atoms with van der Waals surface area (Å²) >= 11 is 30.1. The van der Waals surface area contributed by atoms with Gasteiger partial charge in [0.1, 0.15) is 0 Å². The fraction of sp³-hybridized carbons (Fsp3) is 0. The van der Waals surface area contributed by atoms with E-state index in [2.05, 4.69) is 225 Å². The van der Waals surface area contributed by atoms with E-state index in [9.17, 15) is 0 Å². The maximum absolute atomic E-state index is 3.76. The molecule has 0 aromatic heterocycles. The van der Waals surface area contributed by atoms with E-state index >= 15 is 0 Å². The molecule has 0 N–H and O–H groups in total. The van der Waals surface area contributed by atoms with Crippen LogP contribution in [0, 0.1) is 0 Å². The minimum atomic E-state index is 1.01. The zero-order valence-corrected chi connectivity index (χ0v) is 32.9. The summed E-state index contributed by atoms with van der Waals surface area (Å²) in [5, 5.41) is 8.59. The van der Waals surface area contributed by atoms with Gasteiger partial charge in [0.15, 0.2) is 0 Å². The van der Waals surface area contributed by atoms with Crippen molar-refractivity contribution < 1.29 is 0 Å². The Balaban J connectivity index is 1.86. The minimum Gasteiger partial charge on any atom is -0.0532 e. The molecule has 0 aliphatic heterocycles. The van der Waals surface area contributed by atoms with Gasteiger partial charge in [-0.3, -0.25) is 0 Å². The van der Waals surface area contributed by atoms with Crippen molar-refractivity contribution >= 4 is 176 Å². The number of halogens is 8. The van der Waals surface area contributed by atoms with Crippen LogP contribution in [0.1, 0.15) is 0 Å². The Morgan fingerprint density at radius 3 is 0.400 bits per heavy atom. The molecule has 200 valence electrons. The van der Waals surface area contributed by atoms with Gasteiger partial charge in [-0.1, -0.05) is 176 Å². The summed E-state index contributed by atoms with van der Waals surface area (Å²) in [4.78, 5) is 0. The molecular weight excluding hydrogens is 1020 g/mol. The first-order valence-electron chi connectivity index (χ1n) is 11.8. The van der Waals surface area contributed by atoms with Crippen molar-refractivity contribution in [3.05, 3.63) is 126 Å². The van der Waals surface area contributed by atoms with Crippen LogP contribution in [0.4, 0.5) is 0 Å². The van der Waals surface area contributed by atoms with Crippen molar-refractivity contribution in [3.63, 3.8) is 0 Å². The van der Waals surface area contributed by atoms with E-state index in [1.165, 1.54) is 0 Å². The summed E-state index contributed by atoms with van der Waals surface area (Å²) in [6.07, 6.45) is 16.9. The van der Waals surface area contributed by atoms with Crippen molar-refractivity contribution in [1.29, 1.82) is 0 Å². The molecule has 14 rings (SSSR count). The summed E-state index contributed by atoms with van der Waals surface area (Å²) in [6, 6.07) is 17.0. The second-order valence-electron chi connectivity index (χ2n) is 8.91. The molecule has 0 amide bonds. The molecule has 10 aliphatic carbocycles. The normalized spacial score (nSPS) is 19.4. The topological polar surface area (TPSA) is 0 Å². The highest BCUT2D eigenvalue weighted by Crippen LogP contribution is 2.11. The Labute approximate surface area is 298 Å². The van der Waals surface area contributed by atoms with Gasteiger partial charge in [0, 0.05) is 35.8 Å². The maximum atomic E-state index is 3.76. The molecule has 4 aromatic rings. The van der Waals surface area contributed by atoms with Gasteiger partial charge in [0.25, 0.3) is 0 Å². The number of rotatable bonds is 0. The van der Waals surface area contributed by atoms with Crippen molar-refractivity contribution in [2.45, 2.75) is 0 Å². The van der Waals surface area contributed by atoms with Crippen molar-refractivity contribution in [3.8, 4) is 0 Å². The minimum absolute atomic E-state index is 1.01. The predicted octanol–water partition coefficient (Wildman–Crippen LogP) is 7.14. The molecule has 0 nitrogen and oxygen atoms in total. The standard InChI is InChI=1S/C32H16Br8/c33-25-11-19-3-4-21-13-30(38)23(15-29(21)37)7-8-24-16-31(39)22(14-32(24)40)6-5-20-12-27(35)18(10-28(20)36)2-1-17(25)9-26(19)34/h1-16H/b2-1?,4-3?,6-5?,8-7?,17-1-,18-2-,19-3+,20-5+,21-4+,22-6+,23-7+,24-8+. The Bertz CT molecular complexity index is 1720. The second kappa shape index (κ2) is 13.5. The first-order valence-corrected chi connectivity index (χ1v) is 18.1. The molecule has 0 atom stereocenters. The fourth-order valence-corrected chi connectivity index (χ4v) is 8.00. The van der Waals surface area contributed by atoms with Crippen LogP contribution in [0.5, 0.6) is 0 Å². The summed E-state index contributed by atoms with van der Waals surface area (Å²) in [5.74, 6) is 0. The van der Waals surface area contributed by atoms with Crippen LogP contribution < -0.4 is 41.7 Å². The highest BCUT2D eigenvalue weighted by molar-refractivity contribution is 9.11. The average Bonchev–Trinajstić information content (AvgIpc) is 2.90. The van der Waals surface area contributed by atoms with Crippen LogP contribution in [0.15, 0.2) is 84.3 Å². The molecule has 10 aliphatic rings. The SMILES string of the molecule is Brc1c/c2c(Br)c/c1=C/C=c1/cc(Br)/c(cc1Br)=C/C=c1\cc(Br)/c(cc1Br)=C/C=c1\cc(Br)/c(cc1Br)=C/C=2. The molecular formula is C32H16Br8. The van der Waals surface area contributed by atoms with Gasteiger partial charge in [-0.2, -0.15) is 0 Å². The van der Waals surface area contributed by atoms with Gasteiger partial charge in [-0.05, 0) is 90.3 Å². The predicted molar refractivity (Wildman–Crippen MR) is 200 cm³/mol. The lowest BCUT2D eigenvalue weighted by Gasteiger charge is -2.00. The quantitative estimate of drug-likeness (QED) is 0.176. The van der Waals surface area contributed by atoms with E-state index < -0.39 is 0 Å². The monoisotopic (exact) mass is 1030 g/mol. The van der Waals surface area contributed by atoms with Gasteiger partial charge in [-0.25, -0.2) is 0 Å². The van der Waals surface area contributed by atoms with Crippen molar-refractivity contribution in [2.75, 3.05) is 0 Å². The largest absolute Gasteiger partial charge is 0.0532 e. The molecule has 8 heteroatoms. The smallest absolute Gasteiger partial charge is 0.0254 e. The Kier molecular flexibility index (Phi) is 10.5. The van der Waals surface area contributed by atoms with E-state index in [1.807, 2.05) is 0 Å². The van der Waals surface area contributed by atoms with Gasteiger partial charge in [-0.15, -0.1) is 0 Å². The molecule has 0 saturated carbocycles. The first-order chi connectivity index (χ1) is 19.1. The Morgan fingerprint density at radius 2 is 0.300 bits per heavy atom. The van der Waals surface area contributed by atoms with Gasteiger partial charge in [0.2, 0.25) is 0 Å². The molecule has 8 bridgehead atoms. The lowest BCUT2D eigenvalue weighted by molar-refractivity contribution is 1.44. The second-order valence-corrected chi connectivity index (χ2v) is 15.7. The highest BCUT2D eigenvalue weighted by atomic mass is 79.9. The molecule has 40 heavy (non-hydrogen) atoms. The summed E-state index contributed by atoms with van der Waals surface area (Å²) < 4.78 is 8.10. The van der Waals surface area contributed by atoms with Crippen LogP contribution in [0.25, 0.3) is 48.6 Å². The summed E-state index contributed by atoms with van der Waals surface area (Å²) in [5.41, 5.74) is 0. The van der Waals surface area contributed by atoms with Crippen LogP contribution in [0.2, 0.25) is 0 Å². The third-order valence-corrected chi connectivity index (χ3v) is 11.7. The lowest BCUT2D eigenvalue weighted by Crippen LogP contribution is -2.16. The van der Waals surface area contributed by atoms with Crippen LogP contribution >= 0.6 is 127 Å². The fourth-order valence-electron chi connectivity index (χ4n) is 4.05. The van der Waals surface area contributed by atoms with E-state index in [0.717, 1.165) is 77.5 Å². The van der Waals surface area contributed by atoms with E-state index in [4.69, 9.17) is 0 Å². The van der Waals surface area contributed by atoms with Gasteiger partial charge < -0.3 is 0 Å². The Morgan fingerprint density at radius 1 is 0.200 bits per heavy atom. The van der Waals surface area contributed by atoms with Crippen molar-refractivity contribution in [1.82, 2.24) is 0 Å². The maximum Gasteiger partial charge on any atom is 0.0254 e. The zero-order chi connectivity index (χ0) is 28.6. The third-order valence-electron chi connectivity index (χ3n) is 6.23. The van der Waals surface area contributed by atoms with E-state index in [0.29, 0.717) is 0 Å². The van der Waals surface area contributed by atoms with Crippen LogP contribution in [0.3, 0.4) is 0 Å². The average molecular weight is 1040 g/mol. The summed E-state index contributed by atoms with van der Waals surface area (Å²) in [6.45, 7) is 0. The molecule has 0 fully saturated rings. The first kappa shape index (κ1) is 31.1. The number of hydrogen-bond acceptors (Lipinski definition) is 0. The van der Waals surface area contributed by atoms with Gasteiger partial charge in [0.05, 0.1) is 0 Å². The number of benzene rings is 4. The highest BCUT2D eigenvalue weighted by Gasteiger charge is 2.01. The number of hydrogen-bond donors (Lipinski definition) is 0. The van der Waals surface area contributed by atoms with Gasteiger partial charge >= 0.3 is 0 Å². The van der Waals surface area contributed by atoms with Crippen LogP contribution in [-0.2, 0) is 0 Å². The zero-order valence-electron chi connectivity index (χ0n) is 20.3. The van der Waals surface area contributed by atoms with E-state index in [1.54, 1.807) is 0 Å². The molecule has 0 saturated heterocycles. The molecule has 0 radical (unpaired) electrons. The molecule has 0 unspecified atom stereocenters. The van der Waals surface area contributed by atoms with Crippen LogP contribution in [-0.4, -0.2) is 0 Å². The Hall–Kier alpha value is -0.320. The molecule has 0 heterocycles. The molecule has 0 spiro atoms. The van der Waals surface area contributed by atoms with Crippen molar-refractivity contribution in [2.24, 2.45) is 0 Å².